The molecule has 4 fully saturated rings. The fraction of sp³-hybridized carbons (Fsp3) is 0.600. The van der Waals surface area contributed by atoms with Crippen molar-refractivity contribution in [2.75, 3.05) is 0 Å². The maximum atomic E-state index is 13.3. The van der Waals surface area contributed by atoms with Gasteiger partial charge in [0.05, 0.1) is 12.5 Å². The highest BCUT2D eigenvalue weighted by Gasteiger charge is 2.54. The van der Waals surface area contributed by atoms with Crippen LogP contribution in [0, 0.1) is 23.2 Å². The lowest BCUT2D eigenvalue weighted by Gasteiger charge is -2.55. The largest absolute Gasteiger partial charge is 0.481 e. The highest BCUT2D eigenvalue weighted by molar-refractivity contribution is 6.35. The van der Waals surface area contributed by atoms with Gasteiger partial charge in [0, 0.05) is 15.5 Å². The Morgan fingerprint density at radius 3 is 2.19 bits per heavy atom. The number of carboxylic acids is 1. The predicted octanol–water partition coefficient (Wildman–Crippen LogP) is 4.84. The van der Waals surface area contributed by atoms with Gasteiger partial charge in [0.2, 0.25) is 5.91 Å². The summed E-state index contributed by atoms with van der Waals surface area (Å²) in [4.78, 5) is 24.6. The molecule has 5 rings (SSSR count). The van der Waals surface area contributed by atoms with E-state index in [0.29, 0.717) is 33.4 Å². The Bertz CT molecular complexity index is 713. The Morgan fingerprint density at radius 1 is 1.12 bits per heavy atom. The third-order valence-corrected chi connectivity index (χ3v) is 7.10. The van der Waals surface area contributed by atoms with Crippen LogP contribution in [0.25, 0.3) is 0 Å². The summed E-state index contributed by atoms with van der Waals surface area (Å²) in [7, 11) is 0. The van der Waals surface area contributed by atoms with Crippen LogP contribution in [-0.2, 0) is 9.59 Å². The number of nitrogens with one attached hydrogen (secondary N) is 1. The van der Waals surface area contributed by atoms with Crippen molar-refractivity contribution >= 4 is 35.1 Å². The summed E-state index contributed by atoms with van der Waals surface area (Å²) in [5.74, 6) is 1.01. The summed E-state index contributed by atoms with van der Waals surface area (Å²) in [5, 5.41) is 13.2. The lowest BCUT2D eigenvalue weighted by atomic mass is 9.49. The number of hydrogen-bond donors (Lipinski definition) is 2. The fourth-order valence-corrected chi connectivity index (χ4v) is 6.44. The van der Waals surface area contributed by atoms with E-state index in [1.807, 2.05) is 0 Å². The molecule has 4 saturated carbocycles. The molecule has 0 aliphatic heterocycles. The van der Waals surface area contributed by atoms with Crippen molar-refractivity contribution in [1.82, 2.24) is 5.32 Å². The SMILES string of the molecule is O=C(O)C[C@@H](NC(=O)C12CC3CC(CC(C3)C1)C2)c1ccc(Cl)cc1Cl. The molecule has 1 amide bonds. The number of rotatable bonds is 5. The summed E-state index contributed by atoms with van der Waals surface area (Å²) in [6, 6.07) is 4.33. The lowest BCUT2D eigenvalue weighted by molar-refractivity contribution is -0.147. The van der Waals surface area contributed by atoms with Gasteiger partial charge in [-0.15, -0.1) is 0 Å². The summed E-state index contributed by atoms with van der Waals surface area (Å²) < 4.78 is 0. The Kier molecular flexibility index (Phi) is 4.68. The van der Waals surface area contributed by atoms with Gasteiger partial charge in [-0.3, -0.25) is 9.59 Å². The van der Waals surface area contributed by atoms with E-state index >= 15 is 0 Å². The molecule has 0 heterocycles. The van der Waals surface area contributed by atoms with Crippen LogP contribution < -0.4 is 5.32 Å². The topological polar surface area (TPSA) is 66.4 Å². The minimum atomic E-state index is -0.966. The Labute approximate surface area is 163 Å². The van der Waals surface area contributed by atoms with Gasteiger partial charge in [-0.2, -0.15) is 0 Å². The molecular formula is C20H23Cl2NO3. The zero-order valence-electron chi connectivity index (χ0n) is 14.5. The van der Waals surface area contributed by atoms with Gasteiger partial charge in [-0.05, 0) is 74.0 Å². The first-order valence-corrected chi connectivity index (χ1v) is 10.1. The number of aliphatic carboxylic acids is 1. The normalized spacial score (nSPS) is 33.1. The second kappa shape index (κ2) is 6.72. The van der Waals surface area contributed by atoms with Crippen molar-refractivity contribution in [2.45, 2.75) is 51.0 Å². The van der Waals surface area contributed by atoms with Crippen LogP contribution >= 0.6 is 23.2 Å². The van der Waals surface area contributed by atoms with Gasteiger partial charge < -0.3 is 10.4 Å². The quantitative estimate of drug-likeness (QED) is 0.748. The summed E-state index contributed by atoms with van der Waals surface area (Å²) >= 11 is 12.2. The molecule has 0 saturated heterocycles. The lowest BCUT2D eigenvalue weighted by Crippen LogP contribution is -2.54. The number of carboxylic acid groups (broad SMARTS) is 1. The maximum absolute atomic E-state index is 13.3. The van der Waals surface area contributed by atoms with Gasteiger partial charge in [-0.1, -0.05) is 29.3 Å². The molecule has 0 spiro atoms. The van der Waals surface area contributed by atoms with E-state index in [1.54, 1.807) is 18.2 Å². The molecule has 1 aromatic carbocycles. The predicted molar refractivity (Wildman–Crippen MR) is 100 cm³/mol. The summed E-state index contributed by atoms with van der Waals surface area (Å²) in [5.41, 5.74) is 0.293. The summed E-state index contributed by atoms with van der Waals surface area (Å²) in [6.07, 6.45) is 6.41. The van der Waals surface area contributed by atoms with E-state index in [2.05, 4.69) is 5.32 Å². The van der Waals surface area contributed by atoms with Crippen molar-refractivity contribution in [1.29, 1.82) is 0 Å². The van der Waals surface area contributed by atoms with E-state index in [4.69, 9.17) is 23.2 Å². The van der Waals surface area contributed by atoms with E-state index in [-0.39, 0.29) is 17.7 Å². The summed E-state index contributed by atoms with van der Waals surface area (Å²) in [6.45, 7) is 0. The number of amides is 1. The van der Waals surface area contributed by atoms with E-state index in [0.717, 1.165) is 19.3 Å². The Balaban J connectivity index is 1.57. The van der Waals surface area contributed by atoms with Crippen LogP contribution in [0.2, 0.25) is 10.0 Å². The molecule has 4 nitrogen and oxygen atoms in total. The van der Waals surface area contributed by atoms with E-state index in [9.17, 15) is 14.7 Å². The fourth-order valence-electron chi connectivity index (χ4n) is 5.90. The average molecular weight is 396 g/mol. The second-order valence-electron chi connectivity index (χ2n) is 8.49. The zero-order valence-corrected chi connectivity index (χ0v) is 16.0. The minimum Gasteiger partial charge on any atom is -0.481 e. The zero-order chi connectivity index (χ0) is 18.5. The number of carbonyl (C=O) groups is 2. The third kappa shape index (κ3) is 3.34. The van der Waals surface area contributed by atoms with E-state index < -0.39 is 12.0 Å². The van der Waals surface area contributed by atoms with Crippen molar-refractivity contribution < 1.29 is 14.7 Å². The van der Waals surface area contributed by atoms with Gasteiger partial charge >= 0.3 is 5.97 Å². The molecule has 2 N–H and O–H groups in total. The molecule has 1 atom stereocenters. The average Bonchev–Trinajstić information content (AvgIpc) is 2.52. The van der Waals surface area contributed by atoms with Crippen LogP contribution in [-0.4, -0.2) is 17.0 Å². The molecule has 26 heavy (non-hydrogen) atoms. The molecular weight excluding hydrogens is 373 g/mol. The highest BCUT2D eigenvalue weighted by Crippen LogP contribution is 2.60. The Morgan fingerprint density at radius 2 is 1.69 bits per heavy atom. The molecule has 1 aromatic rings. The Hall–Kier alpha value is -1.26. The third-order valence-electron chi connectivity index (χ3n) is 6.54. The maximum Gasteiger partial charge on any atom is 0.305 e. The smallest absolute Gasteiger partial charge is 0.305 e. The monoisotopic (exact) mass is 395 g/mol. The van der Waals surface area contributed by atoms with Gasteiger partial charge in [0.15, 0.2) is 0 Å². The van der Waals surface area contributed by atoms with Crippen molar-refractivity contribution in [3.05, 3.63) is 33.8 Å². The van der Waals surface area contributed by atoms with Gasteiger partial charge in [0.1, 0.15) is 0 Å². The minimum absolute atomic E-state index is 0.00821. The molecule has 0 unspecified atom stereocenters. The first-order chi connectivity index (χ1) is 12.3. The van der Waals surface area contributed by atoms with Crippen molar-refractivity contribution in [3.63, 3.8) is 0 Å². The van der Waals surface area contributed by atoms with Crippen molar-refractivity contribution in [3.8, 4) is 0 Å². The number of hydrogen-bond acceptors (Lipinski definition) is 2. The first-order valence-electron chi connectivity index (χ1n) is 9.32. The standard InChI is InChI=1S/C20H23Cl2NO3/c21-14-1-2-15(16(22)6-14)17(7-18(24)25)23-19(26)20-8-11-3-12(9-20)5-13(4-11)10-20/h1-2,6,11-13,17H,3-5,7-10H2,(H,23,26)(H,24,25)/t11?,12?,13?,17-,20?/m1/s1. The number of carbonyl (C=O) groups excluding carboxylic acids is 1. The van der Waals surface area contributed by atoms with Crippen LogP contribution in [0.4, 0.5) is 0 Å². The van der Waals surface area contributed by atoms with Gasteiger partial charge in [0.25, 0.3) is 0 Å². The first kappa shape index (κ1) is 18.1. The van der Waals surface area contributed by atoms with Gasteiger partial charge in [-0.25, -0.2) is 0 Å². The molecule has 0 radical (unpaired) electrons. The van der Waals surface area contributed by atoms with Crippen LogP contribution in [0.15, 0.2) is 18.2 Å². The second-order valence-corrected chi connectivity index (χ2v) is 9.33. The highest BCUT2D eigenvalue weighted by atomic mass is 35.5. The van der Waals surface area contributed by atoms with E-state index in [1.165, 1.54) is 19.3 Å². The van der Waals surface area contributed by atoms with Crippen LogP contribution in [0.3, 0.4) is 0 Å². The molecule has 4 aliphatic carbocycles. The van der Waals surface area contributed by atoms with Crippen LogP contribution in [0.1, 0.15) is 56.6 Å². The van der Waals surface area contributed by atoms with Crippen molar-refractivity contribution in [2.24, 2.45) is 23.2 Å². The molecule has 6 heteroatoms. The molecule has 0 aromatic heterocycles. The number of benzene rings is 1. The number of halogens is 2. The van der Waals surface area contributed by atoms with Crippen LogP contribution in [0.5, 0.6) is 0 Å². The molecule has 140 valence electrons. The molecule has 4 aliphatic rings. The molecule has 4 bridgehead atoms.